The van der Waals surface area contributed by atoms with E-state index in [0.717, 1.165) is 19.3 Å². The zero-order chi connectivity index (χ0) is 8.28. The number of rotatable bonds is 1. The second-order valence-corrected chi connectivity index (χ2v) is 4.26. The minimum atomic E-state index is -2.32. The molecule has 0 bridgehead atoms. The summed E-state index contributed by atoms with van der Waals surface area (Å²) in [4.78, 5) is 0. The molecule has 2 unspecified atom stereocenters. The fourth-order valence-electron chi connectivity index (χ4n) is 3.01. The summed E-state index contributed by atoms with van der Waals surface area (Å²) < 4.78 is 26.3. The van der Waals surface area contributed by atoms with E-state index >= 15 is 0 Å². The first kappa shape index (κ1) is 7.51. The zero-order valence-corrected chi connectivity index (χ0v) is 7.03. The quantitative estimate of drug-likeness (QED) is 0.553. The smallest absolute Gasteiger partial charge is 0.206 e. The van der Waals surface area contributed by atoms with E-state index in [1.807, 2.05) is 13.8 Å². The van der Waals surface area contributed by atoms with E-state index in [1.54, 1.807) is 0 Å². The van der Waals surface area contributed by atoms with Gasteiger partial charge in [0.15, 0.2) is 0 Å². The van der Waals surface area contributed by atoms with Crippen LogP contribution < -0.4 is 0 Å². The monoisotopic (exact) mass is 160 g/mol. The van der Waals surface area contributed by atoms with E-state index in [0.29, 0.717) is 0 Å². The standard InChI is InChI=1S/C9H14F2/c1-6(2)8-5-3-4-7(8)9(8,10)11/h6-7H,3-5H2,1-2H3. The SMILES string of the molecule is CC(C)C12CCCC1C2(F)F. The highest BCUT2D eigenvalue weighted by molar-refractivity contribution is 5.21. The highest BCUT2D eigenvalue weighted by atomic mass is 19.3. The van der Waals surface area contributed by atoms with Gasteiger partial charge in [-0.05, 0) is 18.8 Å². The fourth-order valence-corrected chi connectivity index (χ4v) is 3.01. The van der Waals surface area contributed by atoms with Gasteiger partial charge in [-0.15, -0.1) is 0 Å². The summed E-state index contributed by atoms with van der Waals surface area (Å²) in [5, 5.41) is 0. The molecule has 0 nitrogen and oxygen atoms in total. The van der Waals surface area contributed by atoms with Crippen molar-refractivity contribution < 1.29 is 8.78 Å². The molecule has 0 spiro atoms. The molecule has 2 saturated carbocycles. The van der Waals surface area contributed by atoms with E-state index in [1.165, 1.54) is 0 Å². The van der Waals surface area contributed by atoms with Gasteiger partial charge in [0.05, 0.1) is 0 Å². The molecule has 0 aromatic heterocycles. The van der Waals surface area contributed by atoms with E-state index in [9.17, 15) is 8.78 Å². The molecule has 2 atom stereocenters. The van der Waals surface area contributed by atoms with Gasteiger partial charge in [-0.2, -0.15) is 0 Å². The van der Waals surface area contributed by atoms with Crippen LogP contribution in [0.2, 0.25) is 0 Å². The molecule has 0 aromatic rings. The van der Waals surface area contributed by atoms with Crippen LogP contribution in [-0.2, 0) is 0 Å². The van der Waals surface area contributed by atoms with E-state index in [-0.39, 0.29) is 11.8 Å². The van der Waals surface area contributed by atoms with Crippen molar-refractivity contribution in [1.82, 2.24) is 0 Å². The molecule has 2 rings (SSSR count). The lowest BCUT2D eigenvalue weighted by Gasteiger charge is -2.17. The molecule has 64 valence electrons. The predicted octanol–water partition coefficient (Wildman–Crippen LogP) is 3.08. The average molecular weight is 160 g/mol. The Kier molecular flexibility index (Phi) is 1.21. The molecule has 11 heavy (non-hydrogen) atoms. The van der Waals surface area contributed by atoms with Crippen LogP contribution in [0.3, 0.4) is 0 Å². The molecule has 2 aliphatic carbocycles. The van der Waals surface area contributed by atoms with Gasteiger partial charge in [-0.25, -0.2) is 8.78 Å². The second kappa shape index (κ2) is 1.78. The lowest BCUT2D eigenvalue weighted by molar-refractivity contribution is 0.0293. The molecule has 0 aromatic carbocycles. The van der Waals surface area contributed by atoms with Crippen LogP contribution in [0.1, 0.15) is 33.1 Å². The maximum atomic E-state index is 13.1. The summed E-state index contributed by atoms with van der Waals surface area (Å²) >= 11 is 0. The Balaban J connectivity index is 2.26. The highest BCUT2D eigenvalue weighted by Crippen LogP contribution is 2.76. The third-order valence-electron chi connectivity index (χ3n) is 3.71. The summed E-state index contributed by atoms with van der Waals surface area (Å²) in [6.45, 7) is 3.86. The summed E-state index contributed by atoms with van der Waals surface area (Å²) in [5.74, 6) is -2.43. The third-order valence-corrected chi connectivity index (χ3v) is 3.71. The van der Waals surface area contributed by atoms with E-state index in [4.69, 9.17) is 0 Å². The molecular weight excluding hydrogens is 146 g/mol. The van der Waals surface area contributed by atoms with Gasteiger partial charge in [0.25, 0.3) is 5.92 Å². The Morgan fingerprint density at radius 3 is 2.27 bits per heavy atom. The first-order chi connectivity index (χ1) is 5.03. The number of alkyl halides is 2. The maximum Gasteiger partial charge on any atom is 0.257 e. The molecular formula is C9H14F2. The van der Waals surface area contributed by atoms with Crippen LogP contribution in [0.15, 0.2) is 0 Å². The van der Waals surface area contributed by atoms with Crippen molar-refractivity contribution in [3.63, 3.8) is 0 Å². The Labute approximate surface area is 66.0 Å². The number of halogens is 2. The van der Waals surface area contributed by atoms with Gasteiger partial charge >= 0.3 is 0 Å². The maximum absolute atomic E-state index is 13.1. The van der Waals surface area contributed by atoms with Crippen molar-refractivity contribution in [3.05, 3.63) is 0 Å². The van der Waals surface area contributed by atoms with Crippen LogP contribution in [0.4, 0.5) is 8.78 Å². The molecule has 0 N–H and O–H groups in total. The van der Waals surface area contributed by atoms with Gasteiger partial charge in [0, 0.05) is 11.3 Å². The topological polar surface area (TPSA) is 0 Å². The molecule has 0 heterocycles. The average Bonchev–Trinajstić information content (AvgIpc) is 2.25. The van der Waals surface area contributed by atoms with E-state index < -0.39 is 11.3 Å². The first-order valence-corrected chi connectivity index (χ1v) is 4.41. The lowest BCUT2D eigenvalue weighted by atomic mass is 9.89. The van der Waals surface area contributed by atoms with Gasteiger partial charge in [-0.3, -0.25) is 0 Å². The van der Waals surface area contributed by atoms with E-state index in [2.05, 4.69) is 0 Å². The summed E-state index contributed by atoms with van der Waals surface area (Å²) in [6, 6.07) is 0. The van der Waals surface area contributed by atoms with Crippen LogP contribution in [0, 0.1) is 17.3 Å². The van der Waals surface area contributed by atoms with Crippen LogP contribution >= 0.6 is 0 Å². The fraction of sp³-hybridized carbons (Fsp3) is 1.00. The minimum Gasteiger partial charge on any atom is -0.206 e. The lowest BCUT2D eigenvalue weighted by Crippen LogP contribution is -2.17. The number of hydrogen-bond donors (Lipinski definition) is 0. The Hall–Kier alpha value is -0.140. The number of fused-ring (bicyclic) bond motifs is 1. The van der Waals surface area contributed by atoms with Crippen molar-refractivity contribution in [2.24, 2.45) is 17.3 Å². The van der Waals surface area contributed by atoms with Gasteiger partial charge < -0.3 is 0 Å². The zero-order valence-electron chi connectivity index (χ0n) is 7.03. The van der Waals surface area contributed by atoms with Crippen LogP contribution in [0.5, 0.6) is 0 Å². The molecule has 2 heteroatoms. The van der Waals surface area contributed by atoms with Crippen molar-refractivity contribution in [2.45, 2.75) is 39.0 Å². The van der Waals surface area contributed by atoms with Crippen LogP contribution in [-0.4, -0.2) is 5.92 Å². The van der Waals surface area contributed by atoms with Crippen molar-refractivity contribution in [3.8, 4) is 0 Å². The summed E-state index contributed by atoms with van der Waals surface area (Å²) in [5.41, 5.74) is -0.576. The normalized spacial score (nSPS) is 46.1. The van der Waals surface area contributed by atoms with Crippen LogP contribution in [0.25, 0.3) is 0 Å². The molecule has 0 radical (unpaired) electrons. The van der Waals surface area contributed by atoms with Crippen molar-refractivity contribution in [1.29, 1.82) is 0 Å². The predicted molar refractivity (Wildman–Crippen MR) is 39.6 cm³/mol. The van der Waals surface area contributed by atoms with Crippen molar-refractivity contribution in [2.75, 3.05) is 0 Å². The number of hydrogen-bond acceptors (Lipinski definition) is 0. The molecule has 0 amide bonds. The third kappa shape index (κ3) is 0.600. The van der Waals surface area contributed by atoms with Gasteiger partial charge in [-0.1, -0.05) is 20.3 Å². The molecule has 2 aliphatic rings. The summed E-state index contributed by atoms with van der Waals surface area (Å²) in [7, 11) is 0. The Morgan fingerprint density at radius 2 is 2.00 bits per heavy atom. The van der Waals surface area contributed by atoms with Gasteiger partial charge in [0.1, 0.15) is 0 Å². The Bertz CT molecular complexity index is 186. The van der Waals surface area contributed by atoms with Crippen molar-refractivity contribution >= 4 is 0 Å². The molecule has 0 saturated heterocycles. The first-order valence-electron chi connectivity index (χ1n) is 4.41. The molecule has 0 aliphatic heterocycles. The Morgan fingerprint density at radius 1 is 1.36 bits per heavy atom. The summed E-state index contributed by atoms with van der Waals surface area (Å²) in [6.07, 6.45) is 2.52. The van der Waals surface area contributed by atoms with Gasteiger partial charge in [0.2, 0.25) is 0 Å². The largest absolute Gasteiger partial charge is 0.257 e. The molecule has 2 fully saturated rings. The second-order valence-electron chi connectivity index (χ2n) is 4.26. The minimum absolute atomic E-state index is 0.157. The highest BCUT2D eigenvalue weighted by Gasteiger charge is 2.82.